The van der Waals surface area contributed by atoms with Gasteiger partial charge < -0.3 is 20.4 Å². The highest BCUT2D eigenvalue weighted by Crippen LogP contribution is 2.36. The van der Waals surface area contributed by atoms with Gasteiger partial charge in [-0.2, -0.15) is 0 Å². The topological polar surface area (TPSA) is 80.9 Å². The van der Waals surface area contributed by atoms with Crippen molar-refractivity contribution in [3.05, 3.63) is 0 Å². The van der Waals surface area contributed by atoms with Crippen LogP contribution < -0.4 is 0 Å². The minimum atomic E-state index is -1.84. The van der Waals surface area contributed by atoms with Crippen LogP contribution in [0.4, 0.5) is 0 Å². The summed E-state index contributed by atoms with van der Waals surface area (Å²) < 4.78 is 0. The van der Waals surface area contributed by atoms with Crippen LogP contribution in [-0.2, 0) is 0 Å². The molecular formula is C4H8O4. The van der Waals surface area contributed by atoms with E-state index in [1.807, 2.05) is 0 Å². The minimum absolute atomic E-state index is 0.375. The molecular weight excluding hydrogens is 112 g/mol. The van der Waals surface area contributed by atoms with Gasteiger partial charge in [0.25, 0.3) is 0 Å². The molecule has 1 aliphatic carbocycles. The highest BCUT2D eigenvalue weighted by molar-refractivity contribution is 4.90. The van der Waals surface area contributed by atoms with Crippen molar-refractivity contribution in [1.29, 1.82) is 0 Å². The van der Waals surface area contributed by atoms with E-state index >= 15 is 0 Å². The first kappa shape index (κ1) is 5.97. The molecule has 0 aliphatic heterocycles. The normalized spacial score (nSPS) is 31.5. The van der Waals surface area contributed by atoms with Gasteiger partial charge in [-0.1, -0.05) is 0 Å². The van der Waals surface area contributed by atoms with Crippen molar-refractivity contribution < 1.29 is 20.4 Å². The molecule has 0 unspecified atom stereocenters. The molecule has 0 heterocycles. The standard InChI is InChI=1S/C4H8O4/c5-3(6)1-4(7,8)2-3/h5-8H,1-2H2. The maximum atomic E-state index is 8.48. The predicted molar refractivity (Wildman–Crippen MR) is 23.6 cm³/mol. The highest BCUT2D eigenvalue weighted by atomic mass is 16.6. The molecule has 0 aromatic heterocycles. The van der Waals surface area contributed by atoms with Crippen molar-refractivity contribution in [3.8, 4) is 0 Å². The molecule has 1 rings (SSSR count). The first-order valence-corrected chi connectivity index (χ1v) is 2.31. The van der Waals surface area contributed by atoms with Crippen molar-refractivity contribution in [2.24, 2.45) is 0 Å². The fraction of sp³-hybridized carbons (Fsp3) is 1.00. The molecule has 4 N–H and O–H groups in total. The quantitative estimate of drug-likeness (QED) is 0.283. The Morgan fingerprint density at radius 3 is 1.00 bits per heavy atom. The molecule has 1 aliphatic rings. The van der Waals surface area contributed by atoms with Crippen LogP contribution in [0.25, 0.3) is 0 Å². The average Bonchev–Trinajstić information content (AvgIpc) is 1.20. The molecule has 0 amide bonds. The third-order valence-corrected chi connectivity index (χ3v) is 1.13. The number of aliphatic hydroxyl groups is 4. The van der Waals surface area contributed by atoms with Crippen LogP contribution in [0, 0.1) is 0 Å². The van der Waals surface area contributed by atoms with Crippen molar-refractivity contribution in [3.63, 3.8) is 0 Å². The molecule has 0 bridgehead atoms. The fourth-order valence-electron chi connectivity index (χ4n) is 0.855. The largest absolute Gasteiger partial charge is 0.365 e. The molecule has 48 valence electrons. The van der Waals surface area contributed by atoms with Crippen LogP contribution in [0.2, 0.25) is 0 Å². The summed E-state index contributed by atoms with van der Waals surface area (Å²) in [5, 5.41) is 33.9. The molecule has 0 atom stereocenters. The van der Waals surface area contributed by atoms with E-state index in [0.717, 1.165) is 0 Å². The second-order valence-electron chi connectivity index (χ2n) is 2.32. The SMILES string of the molecule is OC1(O)CC(O)(O)C1. The zero-order valence-electron chi connectivity index (χ0n) is 4.20. The zero-order chi connectivity index (χ0) is 6.41. The van der Waals surface area contributed by atoms with Gasteiger partial charge >= 0.3 is 0 Å². The van der Waals surface area contributed by atoms with Crippen molar-refractivity contribution >= 4 is 0 Å². The lowest BCUT2D eigenvalue weighted by Crippen LogP contribution is -2.56. The van der Waals surface area contributed by atoms with Crippen molar-refractivity contribution in [2.45, 2.75) is 24.4 Å². The summed E-state index contributed by atoms with van der Waals surface area (Å²) in [5.74, 6) is -3.69. The summed E-state index contributed by atoms with van der Waals surface area (Å²) in [4.78, 5) is 0. The number of hydrogen-bond acceptors (Lipinski definition) is 4. The number of rotatable bonds is 0. The van der Waals surface area contributed by atoms with Crippen LogP contribution in [0.3, 0.4) is 0 Å². The van der Waals surface area contributed by atoms with Gasteiger partial charge in [-0.05, 0) is 0 Å². The third-order valence-electron chi connectivity index (χ3n) is 1.13. The molecule has 4 nitrogen and oxygen atoms in total. The van der Waals surface area contributed by atoms with E-state index in [-0.39, 0.29) is 12.8 Å². The van der Waals surface area contributed by atoms with Gasteiger partial charge in [0, 0.05) is 0 Å². The van der Waals surface area contributed by atoms with Crippen molar-refractivity contribution in [2.75, 3.05) is 0 Å². The number of hydrogen-bond donors (Lipinski definition) is 4. The molecule has 0 aromatic rings. The van der Waals surface area contributed by atoms with Gasteiger partial charge in [0.2, 0.25) is 0 Å². The summed E-state index contributed by atoms with van der Waals surface area (Å²) >= 11 is 0. The Morgan fingerprint density at radius 1 is 0.750 bits per heavy atom. The van der Waals surface area contributed by atoms with Crippen LogP contribution in [-0.4, -0.2) is 32.0 Å². The van der Waals surface area contributed by atoms with E-state index in [2.05, 4.69) is 0 Å². The Hall–Kier alpha value is -0.160. The highest BCUT2D eigenvalue weighted by Gasteiger charge is 2.51. The van der Waals surface area contributed by atoms with Gasteiger partial charge in [-0.3, -0.25) is 0 Å². The summed E-state index contributed by atoms with van der Waals surface area (Å²) in [7, 11) is 0. The summed E-state index contributed by atoms with van der Waals surface area (Å²) in [5.41, 5.74) is 0. The Bertz CT molecular complexity index is 84.6. The molecule has 1 saturated carbocycles. The molecule has 0 spiro atoms. The van der Waals surface area contributed by atoms with Crippen molar-refractivity contribution in [1.82, 2.24) is 0 Å². The maximum Gasteiger partial charge on any atom is 0.172 e. The summed E-state index contributed by atoms with van der Waals surface area (Å²) in [6, 6.07) is 0. The summed E-state index contributed by atoms with van der Waals surface area (Å²) in [6.45, 7) is 0. The van der Waals surface area contributed by atoms with Gasteiger partial charge in [0.1, 0.15) is 0 Å². The third kappa shape index (κ3) is 0.976. The Kier molecular flexibility index (Phi) is 0.908. The Labute approximate surface area is 46.0 Å². The Balaban J connectivity index is 2.42. The molecule has 4 heteroatoms. The minimum Gasteiger partial charge on any atom is -0.365 e. The van der Waals surface area contributed by atoms with Crippen LogP contribution in [0.1, 0.15) is 12.8 Å². The zero-order valence-corrected chi connectivity index (χ0v) is 4.20. The lowest BCUT2D eigenvalue weighted by molar-refractivity contribution is -0.356. The van der Waals surface area contributed by atoms with Gasteiger partial charge in [0.15, 0.2) is 11.6 Å². The average molecular weight is 120 g/mol. The molecule has 8 heavy (non-hydrogen) atoms. The molecule has 0 aromatic carbocycles. The van der Waals surface area contributed by atoms with Crippen LogP contribution in [0.15, 0.2) is 0 Å². The smallest absolute Gasteiger partial charge is 0.172 e. The van der Waals surface area contributed by atoms with Crippen LogP contribution in [0.5, 0.6) is 0 Å². The predicted octanol–water partition coefficient (Wildman–Crippen LogP) is -1.86. The molecule has 1 fully saturated rings. The van der Waals surface area contributed by atoms with Gasteiger partial charge in [-0.15, -0.1) is 0 Å². The maximum absolute atomic E-state index is 8.48. The molecule has 0 radical (unpaired) electrons. The lowest BCUT2D eigenvalue weighted by Gasteiger charge is -2.42. The van der Waals surface area contributed by atoms with E-state index in [1.165, 1.54) is 0 Å². The monoisotopic (exact) mass is 120 g/mol. The first-order valence-electron chi connectivity index (χ1n) is 2.31. The Morgan fingerprint density at radius 2 is 1.00 bits per heavy atom. The van der Waals surface area contributed by atoms with E-state index in [1.54, 1.807) is 0 Å². The van der Waals surface area contributed by atoms with Gasteiger partial charge in [0.05, 0.1) is 12.8 Å². The van der Waals surface area contributed by atoms with E-state index in [0.29, 0.717) is 0 Å². The lowest BCUT2D eigenvalue weighted by atomic mass is 9.84. The summed E-state index contributed by atoms with van der Waals surface area (Å²) in [6.07, 6.45) is -0.750. The molecule has 0 saturated heterocycles. The van der Waals surface area contributed by atoms with E-state index in [9.17, 15) is 0 Å². The second kappa shape index (κ2) is 1.22. The second-order valence-corrected chi connectivity index (χ2v) is 2.32. The van der Waals surface area contributed by atoms with E-state index in [4.69, 9.17) is 20.4 Å². The van der Waals surface area contributed by atoms with E-state index < -0.39 is 11.6 Å². The fourth-order valence-corrected chi connectivity index (χ4v) is 0.855. The van der Waals surface area contributed by atoms with Gasteiger partial charge in [-0.25, -0.2) is 0 Å². The first-order chi connectivity index (χ1) is 3.41. The van der Waals surface area contributed by atoms with Crippen LogP contribution >= 0.6 is 0 Å².